The van der Waals surface area contributed by atoms with E-state index in [1.165, 1.54) is 12.1 Å². The van der Waals surface area contributed by atoms with Gasteiger partial charge in [0, 0.05) is 18.3 Å². The van der Waals surface area contributed by atoms with Gasteiger partial charge in [-0.15, -0.1) is 0 Å². The maximum absolute atomic E-state index is 12.2. The number of hydrogen-bond acceptors (Lipinski definition) is 5. The molecule has 3 aromatic rings. The first-order valence-electron chi connectivity index (χ1n) is 7.87. The van der Waals surface area contributed by atoms with Crippen molar-refractivity contribution in [1.82, 2.24) is 15.2 Å². The first-order chi connectivity index (χ1) is 13.0. The second kappa shape index (κ2) is 8.37. The van der Waals surface area contributed by atoms with Crippen molar-refractivity contribution in [2.75, 3.05) is 0 Å². The SMILES string of the molecule is O=C(N/N=C/c1ccccc1)c1nn(Cc2ccc([N+](=O)[O-])cc2)cc1Br. The van der Waals surface area contributed by atoms with Crippen LogP contribution in [0.4, 0.5) is 5.69 Å². The molecule has 0 radical (unpaired) electrons. The van der Waals surface area contributed by atoms with Crippen LogP contribution >= 0.6 is 15.9 Å². The molecule has 3 rings (SSSR count). The Morgan fingerprint density at radius 2 is 1.93 bits per heavy atom. The van der Waals surface area contributed by atoms with Crippen LogP contribution in [0.15, 0.2) is 70.4 Å². The van der Waals surface area contributed by atoms with Crippen LogP contribution in [0.1, 0.15) is 21.6 Å². The molecule has 136 valence electrons. The lowest BCUT2D eigenvalue weighted by atomic mass is 10.2. The molecule has 1 amide bonds. The summed E-state index contributed by atoms with van der Waals surface area (Å²) in [7, 11) is 0. The van der Waals surface area contributed by atoms with Crippen LogP contribution in [0.5, 0.6) is 0 Å². The monoisotopic (exact) mass is 427 g/mol. The second-order valence-corrected chi connectivity index (χ2v) is 6.41. The average Bonchev–Trinajstić information content (AvgIpc) is 3.03. The molecular weight excluding hydrogens is 414 g/mol. The molecule has 9 heteroatoms. The summed E-state index contributed by atoms with van der Waals surface area (Å²) in [5, 5.41) is 18.9. The lowest BCUT2D eigenvalue weighted by Gasteiger charge is -2.01. The highest BCUT2D eigenvalue weighted by molar-refractivity contribution is 9.10. The van der Waals surface area contributed by atoms with Gasteiger partial charge in [0.15, 0.2) is 5.69 Å². The summed E-state index contributed by atoms with van der Waals surface area (Å²) >= 11 is 3.31. The molecular formula is C18H14BrN5O3. The molecule has 0 aliphatic rings. The highest BCUT2D eigenvalue weighted by Crippen LogP contribution is 2.17. The minimum Gasteiger partial charge on any atom is -0.266 e. The van der Waals surface area contributed by atoms with Crippen LogP contribution in [0.3, 0.4) is 0 Å². The summed E-state index contributed by atoms with van der Waals surface area (Å²) in [4.78, 5) is 22.5. The number of aromatic nitrogens is 2. The predicted molar refractivity (Wildman–Crippen MR) is 104 cm³/mol. The van der Waals surface area contributed by atoms with E-state index in [-0.39, 0.29) is 11.4 Å². The van der Waals surface area contributed by atoms with Crippen LogP contribution in [-0.4, -0.2) is 26.8 Å². The zero-order valence-electron chi connectivity index (χ0n) is 13.9. The lowest BCUT2D eigenvalue weighted by Crippen LogP contribution is -2.19. The lowest BCUT2D eigenvalue weighted by molar-refractivity contribution is -0.384. The quantitative estimate of drug-likeness (QED) is 0.370. The van der Waals surface area contributed by atoms with Crippen molar-refractivity contribution in [2.45, 2.75) is 6.54 Å². The summed E-state index contributed by atoms with van der Waals surface area (Å²) in [6.07, 6.45) is 3.21. The molecule has 0 saturated heterocycles. The fourth-order valence-electron chi connectivity index (χ4n) is 2.30. The molecule has 0 bridgehead atoms. The van der Waals surface area contributed by atoms with Crippen molar-refractivity contribution < 1.29 is 9.72 Å². The van der Waals surface area contributed by atoms with E-state index >= 15 is 0 Å². The minimum atomic E-state index is -0.452. The van der Waals surface area contributed by atoms with Gasteiger partial charge in [-0.1, -0.05) is 42.5 Å². The third kappa shape index (κ3) is 4.85. The molecule has 8 nitrogen and oxygen atoms in total. The van der Waals surface area contributed by atoms with Crippen molar-refractivity contribution in [1.29, 1.82) is 0 Å². The Labute approximate surface area is 162 Å². The topological polar surface area (TPSA) is 102 Å². The van der Waals surface area contributed by atoms with Gasteiger partial charge in [-0.25, -0.2) is 5.43 Å². The van der Waals surface area contributed by atoms with Gasteiger partial charge in [-0.3, -0.25) is 19.6 Å². The van der Waals surface area contributed by atoms with Crippen LogP contribution in [0, 0.1) is 10.1 Å². The molecule has 1 aromatic heterocycles. The van der Waals surface area contributed by atoms with Gasteiger partial charge in [-0.05, 0) is 27.1 Å². The molecule has 0 spiro atoms. The van der Waals surface area contributed by atoms with Crippen molar-refractivity contribution in [2.24, 2.45) is 5.10 Å². The number of hydrazone groups is 1. The number of amides is 1. The van der Waals surface area contributed by atoms with Crippen LogP contribution in [0.2, 0.25) is 0 Å². The molecule has 1 N–H and O–H groups in total. The summed E-state index contributed by atoms with van der Waals surface area (Å²) in [6, 6.07) is 15.5. The van der Waals surface area contributed by atoms with E-state index in [4.69, 9.17) is 0 Å². The number of carbonyl (C=O) groups is 1. The number of benzene rings is 2. The Bertz CT molecular complexity index is 984. The maximum atomic E-state index is 12.2. The van der Waals surface area contributed by atoms with E-state index < -0.39 is 10.8 Å². The van der Waals surface area contributed by atoms with Crippen LogP contribution in [-0.2, 0) is 6.54 Å². The second-order valence-electron chi connectivity index (χ2n) is 5.56. The normalized spacial score (nSPS) is 10.9. The number of nitrogens with one attached hydrogen (secondary N) is 1. The summed E-state index contributed by atoms with van der Waals surface area (Å²) < 4.78 is 2.10. The molecule has 0 aliphatic carbocycles. The van der Waals surface area contributed by atoms with Gasteiger partial charge in [-0.2, -0.15) is 10.2 Å². The Morgan fingerprint density at radius 1 is 1.22 bits per heavy atom. The fraction of sp³-hybridized carbons (Fsp3) is 0.0556. The Kier molecular flexibility index (Phi) is 5.72. The number of halogens is 1. The molecule has 1 heterocycles. The summed E-state index contributed by atoms with van der Waals surface area (Å²) in [5.41, 5.74) is 4.34. The molecule has 27 heavy (non-hydrogen) atoms. The van der Waals surface area contributed by atoms with E-state index in [1.807, 2.05) is 30.3 Å². The van der Waals surface area contributed by atoms with E-state index in [2.05, 4.69) is 31.6 Å². The van der Waals surface area contributed by atoms with E-state index in [1.54, 1.807) is 29.2 Å². The van der Waals surface area contributed by atoms with E-state index in [0.29, 0.717) is 11.0 Å². The Morgan fingerprint density at radius 3 is 2.59 bits per heavy atom. The van der Waals surface area contributed by atoms with Crippen molar-refractivity contribution >= 4 is 33.7 Å². The van der Waals surface area contributed by atoms with Crippen LogP contribution in [0.25, 0.3) is 0 Å². The smallest absolute Gasteiger partial charge is 0.266 e. The number of carbonyl (C=O) groups excluding carboxylic acids is 1. The van der Waals surface area contributed by atoms with Crippen molar-refractivity contribution in [3.63, 3.8) is 0 Å². The third-order valence-electron chi connectivity index (χ3n) is 3.60. The Hall–Kier alpha value is -3.33. The van der Waals surface area contributed by atoms with Gasteiger partial charge < -0.3 is 0 Å². The molecule has 0 atom stereocenters. The van der Waals surface area contributed by atoms with E-state index in [9.17, 15) is 14.9 Å². The average molecular weight is 428 g/mol. The number of nitro benzene ring substituents is 1. The summed E-state index contributed by atoms with van der Waals surface area (Å²) in [6.45, 7) is 0.372. The first-order valence-corrected chi connectivity index (χ1v) is 8.67. The van der Waals surface area contributed by atoms with Crippen LogP contribution < -0.4 is 5.43 Å². The number of rotatable bonds is 6. The number of nitrogens with zero attached hydrogens (tertiary/aromatic N) is 4. The van der Waals surface area contributed by atoms with Gasteiger partial charge in [0.1, 0.15) is 0 Å². The van der Waals surface area contributed by atoms with Gasteiger partial charge in [0.05, 0.1) is 22.2 Å². The molecule has 0 aliphatic heterocycles. The largest absolute Gasteiger partial charge is 0.293 e. The molecule has 2 aromatic carbocycles. The zero-order chi connectivity index (χ0) is 19.2. The molecule has 0 fully saturated rings. The third-order valence-corrected chi connectivity index (χ3v) is 4.18. The Balaban J connectivity index is 1.65. The maximum Gasteiger partial charge on any atom is 0.293 e. The van der Waals surface area contributed by atoms with Gasteiger partial charge in [0.25, 0.3) is 11.6 Å². The standard InChI is InChI=1S/C18H14BrN5O3/c19-16-12-23(11-14-6-8-15(9-7-14)24(26)27)22-17(16)18(25)21-20-10-13-4-2-1-3-5-13/h1-10,12H,11H2,(H,21,25)/b20-10+. The minimum absolute atomic E-state index is 0.0248. The number of hydrogen-bond donors (Lipinski definition) is 1. The first kappa shape index (κ1) is 18.5. The molecule has 0 saturated carbocycles. The zero-order valence-corrected chi connectivity index (χ0v) is 15.5. The van der Waals surface area contributed by atoms with Gasteiger partial charge >= 0.3 is 0 Å². The van der Waals surface area contributed by atoms with Gasteiger partial charge in [0.2, 0.25) is 0 Å². The molecule has 0 unspecified atom stereocenters. The highest BCUT2D eigenvalue weighted by Gasteiger charge is 2.15. The predicted octanol–water partition coefficient (Wildman–Crippen LogP) is 3.37. The van der Waals surface area contributed by atoms with E-state index in [0.717, 1.165) is 11.1 Å². The summed E-state index contributed by atoms with van der Waals surface area (Å²) in [5.74, 6) is -0.448. The van der Waals surface area contributed by atoms with Crippen molar-refractivity contribution in [3.05, 3.63) is 92.2 Å². The number of nitro groups is 1. The fourth-order valence-corrected chi connectivity index (χ4v) is 2.80. The highest BCUT2D eigenvalue weighted by atomic mass is 79.9. The number of non-ortho nitro benzene ring substituents is 1. The van der Waals surface area contributed by atoms with Crippen molar-refractivity contribution in [3.8, 4) is 0 Å².